The third-order valence-electron chi connectivity index (χ3n) is 5.04. The summed E-state index contributed by atoms with van der Waals surface area (Å²) in [6.45, 7) is 0. The van der Waals surface area contributed by atoms with Crippen LogP contribution in [-0.4, -0.2) is 0 Å². The predicted molar refractivity (Wildman–Crippen MR) is 83.1 cm³/mol. The van der Waals surface area contributed by atoms with Crippen LogP contribution in [0.4, 0.5) is 0 Å². The smallest absolute Gasteiger partial charge is 0.00849 e. The lowest BCUT2D eigenvalue weighted by molar-refractivity contribution is 1.11. The molecule has 96 valence electrons. The molecule has 0 saturated heterocycles. The first kappa shape index (κ1) is 10.7. The van der Waals surface area contributed by atoms with Crippen molar-refractivity contribution in [3.63, 3.8) is 0 Å². The Labute approximate surface area is 119 Å². The summed E-state index contributed by atoms with van der Waals surface area (Å²) in [5.74, 6) is 0. The summed E-state index contributed by atoms with van der Waals surface area (Å²) in [7, 11) is 0. The van der Waals surface area contributed by atoms with Gasteiger partial charge in [-0.25, -0.2) is 0 Å². The molecule has 0 spiro atoms. The molecule has 0 aromatic carbocycles. The quantitative estimate of drug-likeness (QED) is 0.570. The molecule has 5 rings (SSSR count). The van der Waals surface area contributed by atoms with Crippen molar-refractivity contribution in [1.29, 1.82) is 0 Å². The monoisotopic (exact) mass is 256 g/mol. The molecule has 0 aromatic rings. The van der Waals surface area contributed by atoms with Gasteiger partial charge < -0.3 is 0 Å². The average molecular weight is 256 g/mol. The molecule has 0 radical (unpaired) electrons. The highest BCUT2D eigenvalue weighted by Gasteiger charge is 2.29. The zero-order valence-electron chi connectivity index (χ0n) is 11.4. The summed E-state index contributed by atoms with van der Waals surface area (Å²) < 4.78 is 0. The van der Waals surface area contributed by atoms with Crippen LogP contribution in [0, 0.1) is 0 Å². The minimum atomic E-state index is 1.10. The second-order valence-corrected chi connectivity index (χ2v) is 5.99. The minimum absolute atomic E-state index is 1.10. The van der Waals surface area contributed by atoms with Crippen molar-refractivity contribution in [2.45, 2.75) is 25.7 Å². The van der Waals surface area contributed by atoms with Crippen molar-refractivity contribution in [2.24, 2.45) is 0 Å². The van der Waals surface area contributed by atoms with E-state index in [-0.39, 0.29) is 0 Å². The van der Waals surface area contributed by atoms with Gasteiger partial charge in [-0.1, -0.05) is 48.6 Å². The lowest BCUT2D eigenvalue weighted by Gasteiger charge is -2.20. The fourth-order valence-electron chi connectivity index (χ4n) is 4.17. The third kappa shape index (κ3) is 1.22. The van der Waals surface area contributed by atoms with Gasteiger partial charge >= 0.3 is 0 Å². The summed E-state index contributed by atoms with van der Waals surface area (Å²) in [6.07, 6.45) is 23.1. The van der Waals surface area contributed by atoms with Gasteiger partial charge in [0.05, 0.1) is 0 Å². The molecule has 0 N–H and O–H groups in total. The number of hydrogen-bond donors (Lipinski definition) is 0. The lowest BCUT2D eigenvalue weighted by atomic mass is 9.84. The topological polar surface area (TPSA) is 0 Å². The Balaban J connectivity index is 1.86. The Morgan fingerprint density at radius 1 is 0.400 bits per heavy atom. The van der Waals surface area contributed by atoms with Crippen LogP contribution in [0.2, 0.25) is 0 Å². The van der Waals surface area contributed by atoms with Crippen LogP contribution >= 0.6 is 0 Å². The number of rotatable bonds is 0. The molecule has 0 fully saturated rings. The number of allylic oxidation sites excluding steroid dienone is 16. The number of hydrogen-bond acceptors (Lipinski definition) is 0. The van der Waals surface area contributed by atoms with Gasteiger partial charge in [0.2, 0.25) is 0 Å². The van der Waals surface area contributed by atoms with Crippen LogP contribution in [0.5, 0.6) is 0 Å². The molecule has 0 aromatic heterocycles. The standard InChI is InChI=1S/C20H16/c1-5-13-14(6-1)16-8-3-10-18(16)20-12-4-11-19(20)17-9-2-7-15(13)17/h1-5,7,10,12H,6,8-9,11H2. The highest BCUT2D eigenvalue weighted by Crippen LogP contribution is 2.47. The molecule has 0 saturated carbocycles. The average Bonchev–Trinajstić information content (AvgIpc) is 3.21. The predicted octanol–water partition coefficient (Wildman–Crippen LogP) is 5.03. The van der Waals surface area contributed by atoms with Gasteiger partial charge in [-0.2, -0.15) is 0 Å². The maximum atomic E-state index is 2.34. The van der Waals surface area contributed by atoms with Crippen molar-refractivity contribution in [2.75, 3.05) is 0 Å². The summed E-state index contributed by atoms with van der Waals surface area (Å²) in [4.78, 5) is 0. The molecule has 0 amide bonds. The van der Waals surface area contributed by atoms with Crippen LogP contribution in [0.1, 0.15) is 25.7 Å². The Hall–Kier alpha value is -2.08. The summed E-state index contributed by atoms with van der Waals surface area (Å²) in [5.41, 5.74) is 12.2. The van der Waals surface area contributed by atoms with E-state index < -0.39 is 0 Å². The van der Waals surface area contributed by atoms with E-state index in [2.05, 4.69) is 48.6 Å². The Morgan fingerprint density at radius 3 is 0.900 bits per heavy atom. The fraction of sp³-hybridized carbons (Fsp3) is 0.200. The van der Waals surface area contributed by atoms with Crippen LogP contribution in [0.3, 0.4) is 0 Å². The largest absolute Gasteiger partial charge is 0.0795 e. The number of fused-ring (bicyclic) bond motifs is 4. The Morgan fingerprint density at radius 2 is 0.650 bits per heavy atom. The van der Waals surface area contributed by atoms with Crippen molar-refractivity contribution < 1.29 is 0 Å². The second-order valence-electron chi connectivity index (χ2n) is 5.99. The second kappa shape index (κ2) is 3.73. The molecule has 0 bridgehead atoms. The SMILES string of the molecule is C1=CC2=C(C1)C1=C(C=CC1)C1=C(CC=C1)C1=C2C=CC1. The molecule has 0 heterocycles. The first-order chi connectivity index (χ1) is 9.93. The van der Waals surface area contributed by atoms with Gasteiger partial charge in [-0.05, 0) is 70.3 Å². The maximum absolute atomic E-state index is 2.34. The molecular formula is C20H16. The van der Waals surface area contributed by atoms with E-state index in [1.54, 1.807) is 22.3 Å². The highest BCUT2D eigenvalue weighted by atomic mass is 14.3. The third-order valence-corrected chi connectivity index (χ3v) is 5.04. The fourth-order valence-corrected chi connectivity index (χ4v) is 4.17. The van der Waals surface area contributed by atoms with E-state index in [0.29, 0.717) is 0 Å². The van der Waals surface area contributed by atoms with E-state index in [1.807, 2.05) is 0 Å². The van der Waals surface area contributed by atoms with Crippen molar-refractivity contribution in [1.82, 2.24) is 0 Å². The molecule has 0 heteroatoms. The molecule has 0 aliphatic heterocycles. The van der Waals surface area contributed by atoms with E-state index in [0.717, 1.165) is 25.7 Å². The highest BCUT2D eigenvalue weighted by molar-refractivity contribution is 5.74. The molecule has 20 heavy (non-hydrogen) atoms. The zero-order chi connectivity index (χ0) is 13.1. The summed E-state index contributed by atoms with van der Waals surface area (Å²) in [6, 6.07) is 0. The van der Waals surface area contributed by atoms with Crippen LogP contribution < -0.4 is 0 Å². The molecule has 0 unspecified atom stereocenters. The van der Waals surface area contributed by atoms with Crippen molar-refractivity contribution >= 4 is 0 Å². The Kier molecular flexibility index (Phi) is 1.99. The molecule has 5 aliphatic rings. The first-order valence-corrected chi connectivity index (χ1v) is 7.54. The Bertz CT molecular complexity index is 644. The van der Waals surface area contributed by atoms with Crippen LogP contribution in [-0.2, 0) is 0 Å². The van der Waals surface area contributed by atoms with Crippen molar-refractivity contribution in [3.8, 4) is 0 Å². The van der Waals surface area contributed by atoms with Crippen LogP contribution in [0.25, 0.3) is 0 Å². The molecule has 0 nitrogen and oxygen atoms in total. The zero-order valence-corrected chi connectivity index (χ0v) is 11.4. The van der Waals surface area contributed by atoms with Gasteiger partial charge in [0.1, 0.15) is 0 Å². The minimum Gasteiger partial charge on any atom is -0.0795 e. The first-order valence-electron chi connectivity index (χ1n) is 7.54. The molecular weight excluding hydrogens is 240 g/mol. The van der Waals surface area contributed by atoms with Gasteiger partial charge in [0.25, 0.3) is 0 Å². The van der Waals surface area contributed by atoms with Crippen molar-refractivity contribution in [3.05, 3.63) is 93.2 Å². The van der Waals surface area contributed by atoms with E-state index in [4.69, 9.17) is 0 Å². The van der Waals surface area contributed by atoms with E-state index >= 15 is 0 Å². The summed E-state index contributed by atoms with van der Waals surface area (Å²) >= 11 is 0. The van der Waals surface area contributed by atoms with E-state index in [9.17, 15) is 0 Å². The normalized spacial score (nSPS) is 25.6. The summed E-state index contributed by atoms with van der Waals surface area (Å²) in [5, 5.41) is 0. The maximum Gasteiger partial charge on any atom is -0.00849 e. The van der Waals surface area contributed by atoms with Gasteiger partial charge in [-0.15, -0.1) is 0 Å². The van der Waals surface area contributed by atoms with E-state index in [1.165, 1.54) is 22.3 Å². The molecule has 0 atom stereocenters. The lowest BCUT2D eigenvalue weighted by Crippen LogP contribution is -2.02. The van der Waals surface area contributed by atoms with Gasteiger partial charge in [0, 0.05) is 0 Å². The molecule has 5 aliphatic carbocycles. The van der Waals surface area contributed by atoms with Crippen LogP contribution in [0.15, 0.2) is 93.2 Å². The van der Waals surface area contributed by atoms with Gasteiger partial charge in [0.15, 0.2) is 0 Å². The van der Waals surface area contributed by atoms with Gasteiger partial charge in [-0.3, -0.25) is 0 Å².